The number of pyridine rings is 1. The Morgan fingerprint density at radius 1 is 1.11 bits per heavy atom. The van der Waals surface area contributed by atoms with Gasteiger partial charge in [-0.05, 0) is 46.8 Å². The van der Waals surface area contributed by atoms with Gasteiger partial charge in [0.15, 0.2) is 0 Å². The summed E-state index contributed by atoms with van der Waals surface area (Å²) in [4.78, 5) is 16.6. The predicted octanol–water partition coefficient (Wildman–Crippen LogP) is 4.13. The summed E-state index contributed by atoms with van der Waals surface area (Å²) in [5, 5.41) is 11.2. The van der Waals surface area contributed by atoms with Gasteiger partial charge in [-0.25, -0.2) is 4.39 Å². The third-order valence-electron chi connectivity index (χ3n) is 4.25. The molecule has 5 nitrogen and oxygen atoms in total. The Kier molecular flexibility index (Phi) is 5.25. The smallest absolute Gasteiger partial charge is 0.241 e. The third-order valence-corrected chi connectivity index (χ3v) is 4.93. The van der Waals surface area contributed by atoms with Crippen LogP contribution in [0, 0.1) is 5.82 Å². The second-order valence-electron chi connectivity index (χ2n) is 6.27. The Labute approximate surface area is 165 Å². The highest BCUT2D eigenvalue weighted by molar-refractivity contribution is 7.08. The van der Waals surface area contributed by atoms with Crippen molar-refractivity contribution in [3.05, 3.63) is 83.2 Å². The van der Waals surface area contributed by atoms with Crippen LogP contribution in [0.1, 0.15) is 5.56 Å². The molecule has 7 heteroatoms. The maximum absolute atomic E-state index is 13.0. The quantitative estimate of drug-likeness (QED) is 0.537. The summed E-state index contributed by atoms with van der Waals surface area (Å²) in [6.45, 7) is 0.536. The van der Waals surface area contributed by atoms with Gasteiger partial charge < -0.3 is 5.32 Å². The van der Waals surface area contributed by atoms with Crippen molar-refractivity contribution in [1.82, 2.24) is 20.1 Å². The summed E-state index contributed by atoms with van der Waals surface area (Å²) in [5.74, 6) is -0.420. The maximum atomic E-state index is 13.0. The molecule has 4 rings (SSSR count). The van der Waals surface area contributed by atoms with Crippen LogP contribution in [0.4, 0.5) is 4.39 Å². The molecular formula is C21H17FN4OS. The van der Waals surface area contributed by atoms with Crippen LogP contribution in [0.2, 0.25) is 0 Å². The number of carbonyl (C=O) groups excluding carboxylic acids is 1. The van der Waals surface area contributed by atoms with E-state index >= 15 is 0 Å². The van der Waals surface area contributed by atoms with Gasteiger partial charge in [0.05, 0.1) is 11.9 Å². The molecule has 0 saturated heterocycles. The molecule has 0 unspecified atom stereocenters. The Balaban J connectivity index is 1.35. The fourth-order valence-electron chi connectivity index (χ4n) is 2.80. The van der Waals surface area contributed by atoms with Gasteiger partial charge >= 0.3 is 0 Å². The molecular weight excluding hydrogens is 375 g/mol. The number of hydrogen-bond acceptors (Lipinski definition) is 4. The first-order valence-corrected chi connectivity index (χ1v) is 9.64. The second kappa shape index (κ2) is 8.14. The SMILES string of the molecule is O=C(Cn1cc(-c2ccc(F)cc2)cn1)NCc1ccnc(-c2ccsc2)c1. The number of benzene rings is 1. The van der Waals surface area contributed by atoms with Gasteiger partial charge in [0.2, 0.25) is 5.91 Å². The number of amides is 1. The molecule has 1 aromatic carbocycles. The van der Waals surface area contributed by atoms with Crippen LogP contribution < -0.4 is 5.32 Å². The summed E-state index contributed by atoms with van der Waals surface area (Å²) in [5.41, 5.74) is 4.64. The third kappa shape index (κ3) is 4.32. The average molecular weight is 392 g/mol. The molecule has 0 aliphatic heterocycles. The molecule has 0 saturated carbocycles. The van der Waals surface area contributed by atoms with Crippen molar-refractivity contribution in [2.24, 2.45) is 0 Å². The Bertz CT molecular complexity index is 1070. The highest BCUT2D eigenvalue weighted by atomic mass is 32.1. The second-order valence-corrected chi connectivity index (χ2v) is 7.05. The van der Waals surface area contributed by atoms with E-state index < -0.39 is 0 Å². The molecule has 0 radical (unpaired) electrons. The number of hydrogen-bond donors (Lipinski definition) is 1. The van der Waals surface area contributed by atoms with Crippen LogP contribution in [0.15, 0.2) is 71.8 Å². The number of thiophene rings is 1. The van der Waals surface area contributed by atoms with Crippen molar-refractivity contribution in [3.8, 4) is 22.4 Å². The predicted molar refractivity (Wildman–Crippen MR) is 107 cm³/mol. The lowest BCUT2D eigenvalue weighted by molar-refractivity contribution is -0.122. The molecule has 4 aromatic rings. The van der Waals surface area contributed by atoms with Crippen molar-refractivity contribution in [1.29, 1.82) is 0 Å². The van der Waals surface area contributed by atoms with Crippen molar-refractivity contribution in [2.45, 2.75) is 13.1 Å². The van der Waals surface area contributed by atoms with Crippen LogP contribution >= 0.6 is 11.3 Å². The van der Waals surface area contributed by atoms with Gasteiger partial charge in [0.25, 0.3) is 0 Å². The number of carbonyl (C=O) groups is 1. The summed E-state index contributed by atoms with van der Waals surface area (Å²) in [6.07, 6.45) is 5.18. The van der Waals surface area contributed by atoms with Crippen LogP contribution in [-0.2, 0) is 17.9 Å². The van der Waals surface area contributed by atoms with Gasteiger partial charge in [-0.3, -0.25) is 14.5 Å². The standard InChI is InChI=1S/C21H17FN4OS/c22-19-3-1-16(2-4-19)18-11-25-26(12-18)13-21(27)24-10-15-5-7-23-20(9-15)17-6-8-28-14-17/h1-9,11-12,14H,10,13H2,(H,24,27). The van der Waals surface area contributed by atoms with Gasteiger partial charge in [0.1, 0.15) is 12.4 Å². The van der Waals surface area contributed by atoms with E-state index in [1.54, 1.807) is 46.7 Å². The van der Waals surface area contributed by atoms with E-state index in [4.69, 9.17) is 0 Å². The van der Waals surface area contributed by atoms with Crippen molar-refractivity contribution in [3.63, 3.8) is 0 Å². The van der Waals surface area contributed by atoms with Gasteiger partial charge in [-0.1, -0.05) is 12.1 Å². The lowest BCUT2D eigenvalue weighted by Gasteiger charge is -2.07. The lowest BCUT2D eigenvalue weighted by atomic mass is 10.1. The first-order chi connectivity index (χ1) is 13.7. The Morgan fingerprint density at radius 3 is 2.75 bits per heavy atom. The monoisotopic (exact) mass is 392 g/mol. The van der Waals surface area contributed by atoms with E-state index in [9.17, 15) is 9.18 Å². The molecule has 0 aliphatic carbocycles. The molecule has 0 spiro atoms. The zero-order chi connectivity index (χ0) is 19.3. The van der Waals surface area contributed by atoms with Crippen molar-refractivity contribution >= 4 is 17.2 Å². The van der Waals surface area contributed by atoms with E-state index in [0.717, 1.165) is 27.9 Å². The minimum absolute atomic E-state index is 0.115. The number of rotatable bonds is 6. The molecule has 0 atom stereocenters. The minimum Gasteiger partial charge on any atom is -0.350 e. The number of nitrogens with zero attached hydrogens (tertiary/aromatic N) is 3. The summed E-state index contributed by atoms with van der Waals surface area (Å²) in [7, 11) is 0. The molecule has 0 bridgehead atoms. The normalized spacial score (nSPS) is 10.8. The molecule has 1 N–H and O–H groups in total. The van der Waals surface area contributed by atoms with Crippen LogP contribution in [0.3, 0.4) is 0 Å². The Hall–Kier alpha value is -3.32. The minimum atomic E-state index is -0.284. The van der Waals surface area contributed by atoms with E-state index in [1.807, 2.05) is 29.0 Å². The van der Waals surface area contributed by atoms with E-state index in [2.05, 4.69) is 15.4 Å². The summed E-state index contributed by atoms with van der Waals surface area (Å²) in [6, 6.07) is 12.1. The molecule has 1 amide bonds. The maximum Gasteiger partial charge on any atom is 0.241 e. The highest BCUT2D eigenvalue weighted by Crippen LogP contribution is 2.21. The zero-order valence-corrected chi connectivity index (χ0v) is 15.7. The first-order valence-electron chi connectivity index (χ1n) is 8.70. The molecule has 28 heavy (non-hydrogen) atoms. The molecule has 140 valence electrons. The fourth-order valence-corrected chi connectivity index (χ4v) is 3.45. The summed E-state index contributed by atoms with van der Waals surface area (Å²) < 4.78 is 14.6. The molecule has 0 aliphatic rings. The highest BCUT2D eigenvalue weighted by Gasteiger charge is 2.07. The van der Waals surface area contributed by atoms with Crippen LogP contribution in [0.25, 0.3) is 22.4 Å². The van der Waals surface area contributed by atoms with E-state index in [0.29, 0.717) is 6.54 Å². The van der Waals surface area contributed by atoms with E-state index in [1.165, 1.54) is 12.1 Å². The Morgan fingerprint density at radius 2 is 1.96 bits per heavy atom. The van der Waals surface area contributed by atoms with Gasteiger partial charge in [-0.15, -0.1) is 0 Å². The molecule has 3 heterocycles. The first kappa shape index (κ1) is 18.1. The zero-order valence-electron chi connectivity index (χ0n) is 14.9. The lowest BCUT2D eigenvalue weighted by Crippen LogP contribution is -2.27. The topological polar surface area (TPSA) is 59.8 Å². The summed E-state index contributed by atoms with van der Waals surface area (Å²) >= 11 is 1.62. The van der Waals surface area contributed by atoms with Gasteiger partial charge in [-0.2, -0.15) is 16.4 Å². The van der Waals surface area contributed by atoms with Gasteiger partial charge in [0, 0.05) is 35.4 Å². The number of halogens is 1. The average Bonchev–Trinajstić information content (AvgIpc) is 3.40. The van der Waals surface area contributed by atoms with E-state index in [-0.39, 0.29) is 18.3 Å². The van der Waals surface area contributed by atoms with Crippen LogP contribution in [-0.4, -0.2) is 20.7 Å². The molecule has 0 fully saturated rings. The largest absolute Gasteiger partial charge is 0.350 e. The molecule has 3 aromatic heterocycles. The number of nitrogens with one attached hydrogen (secondary N) is 1. The number of aromatic nitrogens is 3. The van der Waals surface area contributed by atoms with Crippen molar-refractivity contribution < 1.29 is 9.18 Å². The van der Waals surface area contributed by atoms with Crippen molar-refractivity contribution in [2.75, 3.05) is 0 Å². The fraction of sp³-hybridized carbons (Fsp3) is 0.0952. The van der Waals surface area contributed by atoms with Crippen LogP contribution in [0.5, 0.6) is 0 Å².